The van der Waals surface area contributed by atoms with Crippen LogP contribution in [0.4, 0.5) is 0 Å². The van der Waals surface area contributed by atoms with Gasteiger partial charge in [-0.05, 0) is 49.9 Å². The fourth-order valence-corrected chi connectivity index (χ4v) is 4.68. The Morgan fingerprint density at radius 2 is 1.86 bits per heavy atom. The number of hydrogen-bond donors (Lipinski definition) is 0. The third kappa shape index (κ3) is 3.46. The molecule has 3 aromatic heterocycles. The highest BCUT2D eigenvalue weighted by Crippen LogP contribution is 2.33. The van der Waals surface area contributed by atoms with Crippen molar-refractivity contribution in [3.63, 3.8) is 0 Å². The maximum absolute atomic E-state index is 5.57. The lowest BCUT2D eigenvalue weighted by molar-refractivity contribution is 0.369. The molecule has 0 radical (unpaired) electrons. The van der Waals surface area contributed by atoms with Crippen LogP contribution in [0.2, 0.25) is 0 Å². The van der Waals surface area contributed by atoms with Gasteiger partial charge in [-0.2, -0.15) is 0 Å². The molecule has 4 aromatic rings. The number of pyridine rings is 1. The molecule has 146 valence electrons. The molecule has 0 N–H and O–H groups in total. The molecule has 1 aliphatic rings. The molecule has 3 heterocycles. The molecule has 7 heteroatoms. The molecule has 0 saturated carbocycles. The zero-order valence-corrected chi connectivity index (χ0v) is 17.0. The molecule has 1 aliphatic carbocycles. The Labute approximate surface area is 173 Å². The number of aromatic nitrogens is 5. The third-order valence-electron chi connectivity index (χ3n) is 5.30. The van der Waals surface area contributed by atoms with Gasteiger partial charge in [0.05, 0.1) is 11.4 Å². The van der Waals surface area contributed by atoms with Crippen molar-refractivity contribution in [1.29, 1.82) is 0 Å². The highest BCUT2D eigenvalue weighted by Gasteiger charge is 2.22. The lowest BCUT2D eigenvalue weighted by Crippen LogP contribution is -2.03. The van der Waals surface area contributed by atoms with Crippen molar-refractivity contribution in [2.45, 2.75) is 43.5 Å². The van der Waals surface area contributed by atoms with Crippen LogP contribution in [0, 0.1) is 6.92 Å². The molecule has 0 fully saturated rings. The van der Waals surface area contributed by atoms with Gasteiger partial charge >= 0.3 is 0 Å². The van der Waals surface area contributed by atoms with Gasteiger partial charge in [-0.15, -0.1) is 10.2 Å². The van der Waals surface area contributed by atoms with E-state index in [1.807, 2.05) is 24.3 Å². The molecular weight excluding hydrogens is 382 g/mol. The van der Waals surface area contributed by atoms with Gasteiger partial charge in [0.15, 0.2) is 11.0 Å². The zero-order chi connectivity index (χ0) is 19.6. The third-order valence-corrected chi connectivity index (χ3v) is 6.24. The van der Waals surface area contributed by atoms with Gasteiger partial charge in [0, 0.05) is 35.7 Å². The van der Waals surface area contributed by atoms with Crippen molar-refractivity contribution >= 4 is 11.8 Å². The molecule has 0 bridgehead atoms. The van der Waals surface area contributed by atoms with E-state index in [-0.39, 0.29) is 0 Å². The van der Waals surface area contributed by atoms with E-state index in [0.29, 0.717) is 0 Å². The summed E-state index contributed by atoms with van der Waals surface area (Å²) in [6, 6.07) is 12.2. The lowest BCUT2D eigenvalue weighted by Gasteiger charge is -2.13. The average molecular weight is 404 g/mol. The highest BCUT2D eigenvalue weighted by atomic mass is 32.2. The molecular formula is C22H21N5OS. The quantitative estimate of drug-likeness (QED) is 0.446. The van der Waals surface area contributed by atoms with Gasteiger partial charge in [-0.25, -0.2) is 0 Å². The second kappa shape index (κ2) is 7.83. The van der Waals surface area contributed by atoms with Gasteiger partial charge < -0.3 is 4.52 Å². The molecule has 0 atom stereocenters. The van der Waals surface area contributed by atoms with Crippen LogP contribution in [0.5, 0.6) is 0 Å². The Hall–Kier alpha value is -2.93. The summed E-state index contributed by atoms with van der Waals surface area (Å²) in [5, 5.41) is 14.2. The summed E-state index contributed by atoms with van der Waals surface area (Å²) in [7, 11) is 0. The van der Waals surface area contributed by atoms with E-state index in [4.69, 9.17) is 4.52 Å². The van der Waals surface area contributed by atoms with Crippen molar-refractivity contribution in [2.24, 2.45) is 0 Å². The van der Waals surface area contributed by atoms with Crippen molar-refractivity contribution in [1.82, 2.24) is 24.9 Å². The first-order chi connectivity index (χ1) is 14.3. The van der Waals surface area contributed by atoms with Gasteiger partial charge in [0.2, 0.25) is 0 Å². The van der Waals surface area contributed by atoms with Crippen LogP contribution in [0.3, 0.4) is 0 Å². The Morgan fingerprint density at radius 3 is 2.72 bits per heavy atom. The first kappa shape index (κ1) is 18.1. The Morgan fingerprint density at radius 1 is 1.03 bits per heavy atom. The number of fused-ring (bicyclic) bond motifs is 1. The first-order valence-electron chi connectivity index (χ1n) is 9.82. The largest absolute Gasteiger partial charge is 0.361 e. The molecule has 0 amide bonds. The summed E-state index contributed by atoms with van der Waals surface area (Å²) in [4.78, 5) is 4.13. The molecule has 6 nitrogen and oxygen atoms in total. The second-order valence-corrected chi connectivity index (χ2v) is 8.13. The summed E-state index contributed by atoms with van der Waals surface area (Å²) in [6.45, 7) is 2.11. The normalized spacial score (nSPS) is 13.4. The van der Waals surface area contributed by atoms with Crippen LogP contribution < -0.4 is 0 Å². The second-order valence-electron chi connectivity index (χ2n) is 7.19. The fraction of sp³-hybridized carbons (Fsp3) is 0.273. The van der Waals surface area contributed by atoms with Crippen LogP contribution in [-0.4, -0.2) is 24.9 Å². The number of rotatable bonds is 5. The van der Waals surface area contributed by atoms with Gasteiger partial charge in [0.1, 0.15) is 5.76 Å². The Balaban J connectivity index is 1.52. The van der Waals surface area contributed by atoms with E-state index in [9.17, 15) is 0 Å². The molecule has 0 aliphatic heterocycles. The van der Waals surface area contributed by atoms with Crippen LogP contribution in [0.25, 0.3) is 17.1 Å². The van der Waals surface area contributed by atoms with Crippen LogP contribution in [0.15, 0.2) is 58.5 Å². The number of aryl methyl sites for hydroxylation is 2. The number of thioether (sulfide) groups is 1. The maximum atomic E-state index is 5.57. The minimum atomic E-state index is 0.721. The van der Waals surface area contributed by atoms with Crippen molar-refractivity contribution in [3.8, 4) is 17.1 Å². The number of nitrogens with zero attached hydrogens (tertiary/aromatic N) is 5. The summed E-state index contributed by atoms with van der Waals surface area (Å²) in [6.07, 6.45) is 8.00. The average Bonchev–Trinajstić information content (AvgIpc) is 3.37. The van der Waals surface area contributed by atoms with Gasteiger partial charge in [-0.3, -0.25) is 9.55 Å². The van der Waals surface area contributed by atoms with Crippen LogP contribution >= 0.6 is 11.8 Å². The zero-order valence-electron chi connectivity index (χ0n) is 16.2. The number of benzene rings is 1. The predicted molar refractivity (Wildman–Crippen MR) is 112 cm³/mol. The summed E-state index contributed by atoms with van der Waals surface area (Å²) in [5.74, 6) is 2.59. The van der Waals surface area contributed by atoms with E-state index in [0.717, 1.165) is 52.3 Å². The standard InChI is InChI=1S/C22H21N5OS/c1-15-6-2-4-8-19(15)27-21(16-10-12-23-13-11-16)24-25-22(27)29-14-18-17-7-3-5-9-20(17)28-26-18/h2,4,6,8,10-13H,3,5,7,9,14H2,1H3. The van der Waals surface area contributed by atoms with Crippen LogP contribution in [-0.2, 0) is 18.6 Å². The first-order valence-corrected chi connectivity index (χ1v) is 10.8. The topological polar surface area (TPSA) is 69.6 Å². The van der Waals surface area contributed by atoms with E-state index in [1.54, 1.807) is 24.2 Å². The minimum Gasteiger partial charge on any atom is -0.361 e. The maximum Gasteiger partial charge on any atom is 0.196 e. The van der Waals surface area contributed by atoms with E-state index < -0.39 is 0 Å². The summed E-state index contributed by atoms with van der Waals surface area (Å²) >= 11 is 1.65. The molecule has 1 aromatic carbocycles. The monoisotopic (exact) mass is 403 g/mol. The molecule has 5 rings (SSSR count). The van der Waals surface area contributed by atoms with Gasteiger partial charge in [-0.1, -0.05) is 35.1 Å². The lowest BCUT2D eigenvalue weighted by atomic mass is 9.97. The van der Waals surface area contributed by atoms with Gasteiger partial charge in [0.25, 0.3) is 0 Å². The molecule has 0 spiro atoms. The Bertz CT molecular complexity index is 1140. The molecule has 29 heavy (non-hydrogen) atoms. The summed E-state index contributed by atoms with van der Waals surface area (Å²) in [5.41, 5.74) is 5.56. The Kier molecular flexibility index (Phi) is 4.89. The van der Waals surface area contributed by atoms with Crippen molar-refractivity contribution in [3.05, 3.63) is 71.4 Å². The highest BCUT2D eigenvalue weighted by molar-refractivity contribution is 7.98. The number of hydrogen-bond acceptors (Lipinski definition) is 6. The van der Waals surface area contributed by atoms with E-state index in [2.05, 4.69) is 44.0 Å². The van der Waals surface area contributed by atoms with Crippen LogP contribution in [0.1, 0.15) is 35.4 Å². The molecule has 0 unspecified atom stereocenters. The van der Waals surface area contributed by atoms with E-state index >= 15 is 0 Å². The fourth-order valence-electron chi connectivity index (χ4n) is 3.78. The van der Waals surface area contributed by atoms with Crippen molar-refractivity contribution < 1.29 is 4.52 Å². The predicted octanol–water partition coefficient (Wildman–Crippen LogP) is 4.80. The number of para-hydroxylation sites is 1. The summed E-state index contributed by atoms with van der Waals surface area (Å²) < 4.78 is 7.70. The SMILES string of the molecule is Cc1ccccc1-n1c(SCc2noc3c2CCCC3)nnc1-c1ccncc1. The van der Waals surface area contributed by atoms with E-state index in [1.165, 1.54) is 24.0 Å². The molecule has 0 saturated heterocycles. The van der Waals surface area contributed by atoms with Crippen molar-refractivity contribution in [2.75, 3.05) is 0 Å². The smallest absolute Gasteiger partial charge is 0.196 e. The minimum absolute atomic E-state index is 0.721.